The molecule has 0 aliphatic heterocycles. The molecule has 1 nitrogen and oxygen atoms in total. The Morgan fingerprint density at radius 1 is 0.733 bits per heavy atom. The van der Waals surface area contributed by atoms with Gasteiger partial charge in [-0.3, -0.25) is 0 Å². The first kappa shape index (κ1) is 65.0. The molecule has 11 unspecified atom stereocenters. The summed E-state index contributed by atoms with van der Waals surface area (Å²) in [7, 11) is 0. The minimum atomic E-state index is 0. The molecule has 4 aliphatic carbocycles. The first-order chi connectivity index (χ1) is 27.9. The lowest BCUT2D eigenvalue weighted by Gasteiger charge is -2.62. The van der Waals surface area contributed by atoms with Gasteiger partial charge < -0.3 is 4.74 Å². The standard InChI is InChI=1S/C31H54.C17H36O.2C2H6.3C2H2.CH4/c1-21(28(3,4)5)11-10-12-23-14-16-26-27-18-17-24-25(15-13-22(2)29(24,6)7)31(27,9)20-19-30(23,26)8;1-7-10-11-15(5)16(6)18-13-17(9-3)12-14(4)8-2;5*1-2;/h17,21-23,25-27H,10-16,18-20H2,1-9H3;14-17H,7-13H2,1-6H3;2*1-2H3;3*1-2H;1H4/t;14?,15?,16-,17?;;;;;;/m.1....../s1. The maximum Gasteiger partial charge on any atom is 0.0572 e. The molecule has 354 valence electrons. The summed E-state index contributed by atoms with van der Waals surface area (Å²) in [6.45, 7) is 45.5. The van der Waals surface area contributed by atoms with Crippen molar-refractivity contribution in [3.63, 3.8) is 0 Å². The van der Waals surface area contributed by atoms with Gasteiger partial charge in [0.2, 0.25) is 0 Å². The third kappa shape index (κ3) is 18.2. The van der Waals surface area contributed by atoms with Crippen molar-refractivity contribution in [2.75, 3.05) is 6.61 Å². The lowest BCUT2D eigenvalue weighted by molar-refractivity contribution is -0.0830. The highest BCUT2D eigenvalue weighted by molar-refractivity contribution is 5.28. The van der Waals surface area contributed by atoms with Crippen molar-refractivity contribution in [2.45, 2.75) is 248 Å². The molecule has 60 heavy (non-hydrogen) atoms. The van der Waals surface area contributed by atoms with Crippen molar-refractivity contribution < 1.29 is 4.74 Å². The van der Waals surface area contributed by atoms with E-state index in [0.717, 1.165) is 54.0 Å². The van der Waals surface area contributed by atoms with Gasteiger partial charge >= 0.3 is 0 Å². The Bertz CT molecular complexity index is 1110. The summed E-state index contributed by atoms with van der Waals surface area (Å²) in [6.07, 6.45) is 49.7. The van der Waals surface area contributed by atoms with Crippen LogP contribution in [0.1, 0.15) is 242 Å². The van der Waals surface area contributed by atoms with Crippen molar-refractivity contribution in [1.29, 1.82) is 0 Å². The fourth-order valence-electron chi connectivity index (χ4n) is 11.3. The monoisotopic (exact) mass is 837 g/mol. The van der Waals surface area contributed by atoms with Gasteiger partial charge in [-0.15, -0.1) is 38.5 Å². The number of hydrogen-bond acceptors (Lipinski definition) is 1. The fourth-order valence-corrected chi connectivity index (χ4v) is 11.3. The molecular formula is C59H112O. The van der Waals surface area contributed by atoms with E-state index in [2.05, 4.69) is 148 Å². The Hall–Kier alpha value is -1.62. The van der Waals surface area contributed by atoms with Crippen LogP contribution in [0, 0.1) is 113 Å². The van der Waals surface area contributed by atoms with Crippen LogP contribution in [0.15, 0.2) is 11.6 Å². The zero-order valence-corrected chi connectivity index (χ0v) is 43.7. The second-order valence-electron chi connectivity index (χ2n) is 21.0. The van der Waals surface area contributed by atoms with Crippen LogP contribution >= 0.6 is 0 Å². The minimum Gasteiger partial charge on any atom is -0.378 e. The van der Waals surface area contributed by atoms with E-state index in [1.165, 1.54) is 103 Å². The quantitative estimate of drug-likeness (QED) is 0.118. The molecule has 0 aromatic rings. The first-order valence-electron chi connectivity index (χ1n) is 25.2. The second kappa shape index (κ2) is 33.0. The van der Waals surface area contributed by atoms with Gasteiger partial charge in [0, 0.05) is 6.61 Å². The fraction of sp³-hybridized carbons (Fsp3) is 0.864. The summed E-state index contributed by atoms with van der Waals surface area (Å²) < 4.78 is 6.10. The van der Waals surface area contributed by atoms with E-state index in [4.69, 9.17) is 4.74 Å². The average molecular weight is 838 g/mol. The molecule has 0 saturated heterocycles. The highest BCUT2D eigenvalue weighted by Gasteiger charge is 2.61. The number of rotatable bonds is 15. The van der Waals surface area contributed by atoms with Crippen molar-refractivity contribution in [1.82, 2.24) is 0 Å². The van der Waals surface area contributed by atoms with Crippen molar-refractivity contribution in [3.05, 3.63) is 11.6 Å². The average Bonchev–Trinajstić information content (AvgIpc) is 3.58. The van der Waals surface area contributed by atoms with Gasteiger partial charge in [-0.25, -0.2) is 0 Å². The lowest BCUT2D eigenvalue weighted by Crippen LogP contribution is -2.54. The van der Waals surface area contributed by atoms with Gasteiger partial charge in [0.05, 0.1) is 6.10 Å². The molecule has 0 aromatic heterocycles. The summed E-state index contributed by atoms with van der Waals surface area (Å²) >= 11 is 0. The topological polar surface area (TPSA) is 9.23 Å². The summed E-state index contributed by atoms with van der Waals surface area (Å²) in [6, 6.07) is 0. The van der Waals surface area contributed by atoms with Crippen LogP contribution in [0.2, 0.25) is 0 Å². The first-order valence-corrected chi connectivity index (χ1v) is 25.2. The van der Waals surface area contributed by atoms with Crippen LogP contribution < -0.4 is 0 Å². The van der Waals surface area contributed by atoms with E-state index in [0.29, 0.717) is 33.7 Å². The molecule has 4 rings (SSSR count). The zero-order chi connectivity index (χ0) is 46.8. The molecule has 12 atom stereocenters. The molecule has 3 saturated carbocycles. The van der Waals surface area contributed by atoms with Crippen LogP contribution in [0.25, 0.3) is 0 Å². The van der Waals surface area contributed by atoms with Crippen molar-refractivity contribution >= 4 is 0 Å². The Morgan fingerprint density at radius 2 is 1.28 bits per heavy atom. The van der Waals surface area contributed by atoms with Crippen LogP contribution in [-0.2, 0) is 4.74 Å². The van der Waals surface area contributed by atoms with Crippen molar-refractivity contribution in [3.8, 4) is 38.5 Å². The van der Waals surface area contributed by atoms with Crippen LogP contribution in [0.3, 0.4) is 0 Å². The number of ether oxygens (including phenoxy) is 1. The number of allylic oxidation sites excluding steroid dienone is 2. The summed E-state index contributed by atoms with van der Waals surface area (Å²) in [5.41, 5.74) is 3.93. The van der Waals surface area contributed by atoms with Gasteiger partial charge in [-0.2, -0.15) is 0 Å². The van der Waals surface area contributed by atoms with Gasteiger partial charge in [0.25, 0.3) is 0 Å². The maximum absolute atomic E-state index is 6.10. The molecule has 3 fully saturated rings. The molecule has 0 amide bonds. The smallest absolute Gasteiger partial charge is 0.0572 e. The molecule has 0 radical (unpaired) electrons. The summed E-state index contributed by atoms with van der Waals surface area (Å²) in [5, 5.41) is 0. The van der Waals surface area contributed by atoms with E-state index in [1.807, 2.05) is 33.3 Å². The lowest BCUT2D eigenvalue weighted by atomic mass is 9.43. The summed E-state index contributed by atoms with van der Waals surface area (Å²) in [5.74, 6) is 7.76. The molecule has 1 heteroatoms. The van der Waals surface area contributed by atoms with Crippen LogP contribution in [0.5, 0.6) is 0 Å². The van der Waals surface area contributed by atoms with E-state index in [1.54, 1.807) is 0 Å². The molecule has 0 heterocycles. The van der Waals surface area contributed by atoms with E-state index < -0.39 is 0 Å². The van der Waals surface area contributed by atoms with Gasteiger partial charge in [-0.1, -0.05) is 182 Å². The minimum absolute atomic E-state index is 0. The number of unbranched alkanes of at least 4 members (excludes halogenated alkanes) is 1. The van der Waals surface area contributed by atoms with Crippen LogP contribution in [0.4, 0.5) is 0 Å². The Morgan fingerprint density at radius 3 is 1.78 bits per heavy atom. The highest BCUT2D eigenvalue weighted by atomic mass is 16.5. The Labute approximate surface area is 382 Å². The highest BCUT2D eigenvalue weighted by Crippen LogP contribution is 2.70. The predicted molar refractivity (Wildman–Crippen MR) is 277 cm³/mol. The third-order valence-electron chi connectivity index (χ3n) is 16.9. The number of terminal acetylenes is 3. The second-order valence-corrected chi connectivity index (χ2v) is 21.0. The van der Waals surface area contributed by atoms with Gasteiger partial charge in [-0.05, 0) is 146 Å². The molecule has 0 bridgehead atoms. The zero-order valence-electron chi connectivity index (χ0n) is 43.7. The molecule has 0 aromatic carbocycles. The Kier molecular flexibility index (Phi) is 35.7. The van der Waals surface area contributed by atoms with Crippen molar-refractivity contribution in [2.24, 2.45) is 74.9 Å². The molecule has 0 spiro atoms. The molecule has 0 N–H and O–H groups in total. The normalized spacial score (nSPS) is 29.2. The van der Waals surface area contributed by atoms with Gasteiger partial charge in [0.1, 0.15) is 0 Å². The molecule has 4 aliphatic rings. The summed E-state index contributed by atoms with van der Waals surface area (Å²) in [4.78, 5) is 0. The Balaban J connectivity index is -0.000000466. The van der Waals surface area contributed by atoms with E-state index in [-0.39, 0.29) is 7.43 Å². The molecular weight excluding hydrogens is 725 g/mol. The number of hydrogen-bond donors (Lipinski definition) is 0. The van der Waals surface area contributed by atoms with E-state index in [9.17, 15) is 0 Å². The predicted octanol–water partition coefficient (Wildman–Crippen LogP) is 18.8. The largest absolute Gasteiger partial charge is 0.378 e. The van der Waals surface area contributed by atoms with E-state index >= 15 is 0 Å². The maximum atomic E-state index is 6.10. The number of fused-ring (bicyclic) bond motifs is 5. The van der Waals surface area contributed by atoms with Gasteiger partial charge in [0.15, 0.2) is 0 Å². The van der Waals surface area contributed by atoms with Crippen LogP contribution in [-0.4, -0.2) is 12.7 Å². The SMILES string of the molecule is C.C#C.C#C.C#C.CC.CC.CC(CCCC1CCC2C3CC=C4C(CCC(C)C4(C)C)C3(C)CCC12C)C(C)(C)C.CCCCC(C)[C@@H](C)OCC(CC)CC(C)CC. The third-order valence-corrected chi connectivity index (χ3v) is 16.9.